The SMILES string of the molecule is CCNC(=NCCc1ccc(C)nc1)NC1CCN(CC2CCCCC2)CC1. The molecular formula is C23H39N5. The summed E-state index contributed by atoms with van der Waals surface area (Å²) in [5, 5.41) is 7.08. The lowest BCUT2D eigenvalue weighted by Crippen LogP contribution is -2.49. The second-order valence-electron chi connectivity index (χ2n) is 8.54. The van der Waals surface area contributed by atoms with Crippen LogP contribution in [-0.4, -0.2) is 54.6 Å². The lowest BCUT2D eigenvalue weighted by atomic mass is 9.88. The van der Waals surface area contributed by atoms with E-state index in [1.807, 2.05) is 13.1 Å². The first-order chi connectivity index (χ1) is 13.7. The molecule has 1 saturated heterocycles. The van der Waals surface area contributed by atoms with E-state index < -0.39 is 0 Å². The molecule has 0 radical (unpaired) electrons. The minimum Gasteiger partial charge on any atom is -0.357 e. The average Bonchev–Trinajstić information content (AvgIpc) is 2.72. The number of likely N-dealkylation sites (tertiary alicyclic amines) is 1. The lowest BCUT2D eigenvalue weighted by molar-refractivity contribution is 0.160. The van der Waals surface area contributed by atoms with Crippen molar-refractivity contribution in [2.24, 2.45) is 10.9 Å². The number of piperidine rings is 1. The maximum absolute atomic E-state index is 4.79. The molecule has 1 aromatic heterocycles. The summed E-state index contributed by atoms with van der Waals surface area (Å²) in [7, 11) is 0. The van der Waals surface area contributed by atoms with Crippen molar-refractivity contribution < 1.29 is 0 Å². The molecule has 0 amide bonds. The first-order valence-electron chi connectivity index (χ1n) is 11.4. The molecule has 1 aliphatic heterocycles. The second kappa shape index (κ2) is 11.4. The van der Waals surface area contributed by atoms with Crippen molar-refractivity contribution in [2.45, 2.75) is 71.3 Å². The Morgan fingerprint density at radius 1 is 1.14 bits per heavy atom. The third-order valence-electron chi connectivity index (χ3n) is 6.16. The maximum atomic E-state index is 4.79. The van der Waals surface area contributed by atoms with Gasteiger partial charge in [-0.25, -0.2) is 0 Å². The van der Waals surface area contributed by atoms with E-state index in [-0.39, 0.29) is 0 Å². The van der Waals surface area contributed by atoms with Crippen LogP contribution in [0.2, 0.25) is 0 Å². The number of aliphatic imine (C=N–C) groups is 1. The van der Waals surface area contributed by atoms with Crippen LogP contribution in [0.4, 0.5) is 0 Å². The first kappa shape index (κ1) is 21.1. The van der Waals surface area contributed by atoms with Gasteiger partial charge in [0.2, 0.25) is 0 Å². The zero-order valence-electron chi connectivity index (χ0n) is 17.9. The van der Waals surface area contributed by atoms with E-state index in [4.69, 9.17) is 4.99 Å². The number of pyridine rings is 1. The molecule has 1 aliphatic carbocycles. The van der Waals surface area contributed by atoms with Gasteiger partial charge in [0.15, 0.2) is 5.96 Å². The average molecular weight is 386 g/mol. The van der Waals surface area contributed by atoms with Gasteiger partial charge in [-0.1, -0.05) is 25.3 Å². The molecule has 1 saturated carbocycles. The number of aromatic nitrogens is 1. The molecule has 3 rings (SSSR count). The van der Waals surface area contributed by atoms with E-state index in [1.54, 1.807) is 0 Å². The number of nitrogens with one attached hydrogen (secondary N) is 2. The van der Waals surface area contributed by atoms with Gasteiger partial charge in [0.1, 0.15) is 0 Å². The Morgan fingerprint density at radius 3 is 2.61 bits per heavy atom. The summed E-state index contributed by atoms with van der Waals surface area (Å²) < 4.78 is 0. The molecule has 5 nitrogen and oxygen atoms in total. The Balaban J connectivity index is 1.40. The van der Waals surface area contributed by atoms with Crippen LogP contribution < -0.4 is 10.6 Å². The van der Waals surface area contributed by atoms with Crippen LogP contribution >= 0.6 is 0 Å². The predicted molar refractivity (Wildman–Crippen MR) is 118 cm³/mol. The van der Waals surface area contributed by atoms with Gasteiger partial charge in [0.25, 0.3) is 0 Å². The Bertz CT molecular complexity index is 584. The van der Waals surface area contributed by atoms with Crippen molar-refractivity contribution >= 4 is 5.96 Å². The summed E-state index contributed by atoms with van der Waals surface area (Å²) in [6.07, 6.45) is 12.6. The van der Waals surface area contributed by atoms with Gasteiger partial charge < -0.3 is 15.5 Å². The molecule has 0 aromatic carbocycles. The predicted octanol–water partition coefficient (Wildman–Crippen LogP) is 3.53. The van der Waals surface area contributed by atoms with Crippen molar-refractivity contribution in [3.05, 3.63) is 29.6 Å². The molecule has 5 heteroatoms. The van der Waals surface area contributed by atoms with E-state index in [1.165, 1.54) is 70.1 Å². The van der Waals surface area contributed by atoms with Gasteiger partial charge in [-0.2, -0.15) is 0 Å². The minimum absolute atomic E-state index is 0.543. The van der Waals surface area contributed by atoms with Gasteiger partial charge in [-0.3, -0.25) is 9.98 Å². The lowest BCUT2D eigenvalue weighted by Gasteiger charge is -2.36. The molecular weight excluding hydrogens is 346 g/mol. The molecule has 2 heterocycles. The fraction of sp³-hybridized carbons (Fsp3) is 0.739. The third-order valence-corrected chi connectivity index (χ3v) is 6.16. The number of nitrogens with zero attached hydrogens (tertiary/aromatic N) is 3. The van der Waals surface area contributed by atoms with E-state index in [2.05, 4.69) is 39.6 Å². The van der Waals surface area contributed by atoms with Crippen molar-refractivity contribution in [3.8, 4) is 0 Å². The standard InChI is InChI=1S/C23H39N5/c1-3-24-23(25-14-11-20-10-9-19(2)26-17-20)27-22-12-15-28(16-13-22)18-21-7-5-4-6-8-21/h9-10,17,21-22H,3-8,11-16,18H2,1-2H3,(H2,24,25,27). The van der Waals surface area contributed by atoms with Gasteiger partial charge in [0.05, 0.1) is 0 Å². The first-order valence-corrected chi connectivity index (χ1v) is 11.4. The highest BCUT2D eigenvalue weighted by atomic mass is 15.2. The highest BCUT2D eigenvalue weighted by Gasteiger charge is 2.23. The topological polar surface area (TPSA) is 52.6 Å². The van der Waals surface area contributed by atoms with Crippen LogP contribution in [0.25, 0.3) is 0 Å². The fourth-order valence-corrected chi connectivity index (χ4v) is 4.45. The summed E-state index contributed by atoms with van der Waals surface area (Å²) in [4.78, 5) is 11.9. The summed E-state index contributed by atoms with van der Waals surface area (Å²) in [5.74, 6) is 1.92. The van der Waals surface area contributed by atoms with Crippen LogP contribution in [0, 0.1) is 12.8 Å². The van der Waals surface area contributed by atoms with Gasteiger partial charge in [0, 0.05) is 50.7 Å². The minimum atomic E-state index is 0.543. The number of aryl methyl sites for hydroxylation is 1. The summed E-state index contributed by atoms with van der Waals surface area (Å²) in [6, 6.07) is 4.77. The molecule has 28 heavy (non-hydrogen) atoms. The van der Waals surface area contributed by atoms with Crippen molar-refractivity contribution in [1.82, 2.24) is 20.5 Å². The molecule has 2 N–H and O–H groups in total. The largest absolute Gasteiger partial charge is 0.357 e. The van der Waals surface area contributed by atoms with Crippen LogP contribution in [0.5, 0.6) is 0 Å². The van der Waals surface area contributed by atoms with Crippen LogP contribution in [0.1, 0.15) is 63.1 Å². The third kappa shape index (κ3) is 7.08. The summed E-state index contributed by atoms with van der Waals surface area (Å²) in [5.41, 5.74) is 2.32. The molecule has 0 spiro atoms. The quantitative estimate of drug-likeness (QED) is 0.557. The van der Waals surface area contributed by atoms with Crippen molar-refractivity contribution in [2.75, 3.05) is 32.7 Å². The molecule has 0 atom stereocenters. The van der Waals surface area contributed by atoms with E-state index in [0.717, 1.165) is 37.1 Å². The van der Waals surface area contributed by atoms with E-state index in [9.17, 15) is 0 Å². The zero-order chi connectivity index (χ0) is 19.6. The molecule has 2 fully saturated rings. The normalized spacial score (nSPS) is 20.3. The number of hydrogen-bond donors (Lipinski definition) is 2. The molecule has 0 unspecified atom stereocenters. The molecule has 1 aromatic rings. The number of hydrogen-bond acceptors (Lipinski definition) is 3. The number of guanidine groups is 1. The number of rotatable bonds is 7. The molecule has 0 bridgehead atoms. The smallest absolute Gasteiger partial charge is 0.191 e. The highest BCUT2D eigenvalue weighted by Crippen LogP contribution is 2.25. The van der Waals surface area contributed by atoms with Gasteiger partial charge >= 0.3 is 0 Å². The van der Waals surface area contributed by atoms with Crippen molar-refractivity contribution in [3.63, 3.8) is 0 Å². The fourth-order valence-electron chi connectivity index (χ4n) is 4.45. The Hall–Kier alpha value is -1.62. The van der Waals surface area contributed by atoms with Crippen LogP contribution in [0.15, 0.2) is 23.3 Å². The monoisotopic (exact) mass is 385 g/mol. The van der Waals surface area contributed by atoms with Crippen LogP contribution in [-0.2, 0) is 6.42 Å². The highest BCUT2D eigenvalue weighted by molar-refractivity contribution is 5.80. The molecule has 156 valence electrons. The second-order valence-corrected chi connectivity index (χ2v) is 8.54. The van der Waals surface area contributed by atoms with Gasteiger partial charge in [-0.15, -0.1) is 0 Å². The van der Waals surface area contributed by atoms with Gasteiger partial charge in [-0.05, 0) is 63.5 Å². The molecule has 2 aliphatic rings. The van der Waals surface area contributed by atoms with E-state index >= 15 is 0 Å². The van der Waals surface area contributed by atoms with Crippen molar-refractivity contribution in [1.29, 1.82) is 0 Å². The maximum Gasteiger partial charge on any atom is 0.191 e. The summed E-state index contributed by atoms with van der Waals surface area (Å²) >= 11 is 0. The van der Waals surface area contributed by atoms with E-state index in [0.29, 0.717) is 6.04 Å². The van der Waals surface area contributed by atoms with Crippen LogP contribution in [0.3, 0.4) is 0 Å². The Morgan fingerprint density at radius 2 is 1.93 bits per heavy atom. The Labute approximate surface area is 171 Å². The summed E-state index contributed by atoms with van der Waals surface area (Å²) in [6.45, 7) is 9.62. The zero-order valence-corrected chi connectivity index (χ0v) is 17.9. The Kier molecular flexibility index (Phi) is 8.59.